The van der Waals surface area contributed by atoms with Crippen molar-refractivity contribution in [3.05, 3.63) is 38.9 Å². The SMILES string of the molecule is CCC1CCCCN1C(=O)c1ccc(Cl)cc1[N+](=O)[O-]. The quantitative estimate of drug-likeness (QED) is 0.631. The predicted octanol–water partition coefficient (Wildman–Crippen LogP) is 3.65. The Hall–Kier alpha value is -1.62. The van der Waals surface area contributed by atoms with E-state index < -0.39 is 4.92 Å². The van der Waals surface area contributed by atoms with Crippen LogP contribution in [0.2, 0.25) is 5.02 Å². The van der Waals surface area contributed by atoms with Crippen LogP contribution < -0.4 is 0 Å². The summed E-state index contributed by atoms with van der Waals surface area (Å²) in [6.45, 7) is 2.70. The lowest BCUT2D eigenvalue weighted by Gasteiger charge is -2.35. The molecule has 1 heterocycles. The zero-order valence-corrected chi connectivity index (χ0v) is 12.1. The minimum atomic E-state index is -0.552. The maximum Gasteiger partial charge on any atom is 0.283 e. The largest absolute Gasteiger partial charge is 0.335 e. The van der Waals surface area contributed by atoms with Crippen molar-refractivity contribution in [2.24, 2.45) is 0 Å². The van der Waals surface area contributed by atoms with Gasteiger partial charge in [-0.3, -0.25) is 14.9 Å². The van der Waals surface area contributed by atoms with Crippen molar-refractivity contribution >= 4 is 23.2 Å². The molecule has 20 heavy (non-hydrogen) atoms. The number of rotatable bonds is 3. The van der Waals surface area contributed by atoms with Gasteiger partial charge in [-0.2, -0.15) is 0 Å². The third-order valence-electron chi connectivity index (χ3n) is 3.75. The number of nitrogens with zero attached hydrogens (tertiary/aromatic N) is 2. The van der Waals surface area contributed by atoms with Crippen molar-refractivity contribution < 1.29 is 9.72 Å². The molecule has 1 aromatic carbocycles. The first kappa shape index (κ1) is 14.8. The van der Waals surface area contributed by atoms with Gasteiger partial charge in [0.05, 0.1) is 4.92 Å². The van der Waals surface area contributed by atoms with E-state index in [1.165, 1.54) is 18.2 Å². The second kappa shape index (κ2) is 6.22. The third kappa shape index (κ3) is 2.93. The highest BCUT2D eigenvalue weighted by molar-refractivity contribution is 6.31. The minimum Gasteiger partial charge on any atom is -0.335 e. The van der Waals surface area contributed by atoms with Gasteiger partial charge in [-0.05, 0) is 37.8 Å². The zero-order chi connectivity index (χ0) is 14.7. The molecule has 0 N–H and O–H groups in total. The van der Waals surface area contributed by atoms with Crippen molar-refractivity contribution in [3.63, 3.8) is 0 Å². The number of benzene rings is 1. The highest BCUT2D eigenvalue weighted by Gasteiger charge is 2.30. The van der Waals surface area contributed by atoms with E-state index in [4.69, 9.17) is 11.6 Å². The Bertz CT molecular complexity index is 533. The van der Waals surface area contributed by atoms with Gasteiger partial charge < -0.3 is 4.90 Å². The molecule has 1 aliphatic heterocycles. The average molecular weight is 297 g/mol. The normalized spacial score (nSPS) is 18.9. The molecular weight excluding hydrogens is 280 g/mol. The van der Waals surface area contributed by atoms with Crippen molar-refractivity contribution in [3.8, 4) is 0 Å². The average Bonchev–Trinajstić information content (AvgIpc) is 2.46. The highest BCUT2D eigenvalue weighted by atomic mass is 35.5. The topological polar surface area (TPSA) is 63.5 Å². The molecule has 0 aliphatic carbocycles. The van der Waals surface area contributed by atoms with Crippen LogP contribution in [0.4, 0.5) is 5.69 Å². The van der Waals surface area contributed by atoms with E-state index in [2.05, 4.69) is 0 Å². The van der Waals surface area contributed by atoms with Crippen LogP contribution in [0.5, 0.6) is 0 Å². The van der Waals surface area contributed by atoms with Crippen LogP contribution in [0.15, 0.2) is 18.2 Å². The van der Waals surface area contributed by atoms with Crippen molar-refractivity contribution in [1.29, 1.82) is 0 Å². The van der Waals surface area contributed by atoms with E-state index in [9.17, 15) is 14.9 Å². The van der Waals surface area contributed by atoms with Crippen molar-refractivity contribution in [2.45, 2.75) is 38.6 Å². The standard InChI is InChI=1S/C14H17ClN2O3/c1-2-11-5-3-4-8-16(11)14(18)12-7-6-10(15)9-13(12)17(19)20/h6-7,9,11H,2-5,8H2,1H3. The summed E-state index contributed by atoms with van der Waals surface area (Å²) in [4.78, 5) is 24.9. The van der Waals surface area contributed by atoms with Crippen molar-refractivity contribution in [2.75, 3.05) is 6.54 Å². The van der Waals surface area contributed by atoms with E-state index in [1.807, 2.05) is 6.92 Å². The molecular formula is C14H17ClN2O3. The Morgan fingerprint density at radius 3 is 2.90 bits per heavy atom. The lowest BCUT2D eigenvalue weighted by atomic mass is 9.98. The fourth-order valence-corrected chi connectivity index (χ4v) is 2.85. The summed E-state index contributed by atoms with van der Waals surface area (Å²) in [5.74, 6) is -0.264. The molecule has 1 aromatic rings. The van der Waals surface area contributed by atoms with E-state index in [0.29, 0.717) is 6.54 Å². The molecule has 1 amide bonds. The monoisotopic (exact) mass is 296 g/mol. The molecule has 6 heteroatoms. The first-order valence-electron chi connectivity index (χ1n) is 6.79. The maximum atomic E-state index is 12.6. The zero-order valence-electron chi connectivity index (χ0n) is 11.3. The van der Waals surface area contributed by atoms with Crippen LogP contribution in [0.3, 0.4) is 0 Å². The summed E-state index contributed by atoms with van der Waals surface area (Å²) in [5.41, 5.74) is -0.0947. The van der Waals surface area contributed by atoms with Gasteiger partial charge >= 0.3 is 0 Å². The number of hydrogen-bond acceptors (Lipinski definition) is 3. The fraction of sp³-hybridized carbons (Fsp3) is 0.500. The summed E-state index contributed by atoms with van der Waals surface area (Å²) in [7, 11) is 0. The Morgan fingerprint density at radius 2 is 2.25 bits per heavy atom. The Morgan fingerprint density at radius 1 is 1.50 bits per heavy atom. The van der Waals surface area contributed by atoms with E-state index in [0.717, 1.165) is 25.7 Å². The second-order valence-corrected chi connectivity index (χ2v) is 5.41. The van der Waals surface area contributed by atoms with Gasteiger partial charge in [-0.25, -0.2) is 0 Å². The molecule has 0 aromatic heterocycles. The number of likely N-dealkylation sites (tertiary alicyclic amines) is 1. The van der Waals surface area contributed by atoms with E-state index >= 15 is 0 Å². The minimum absolute atomic E-state index is 0.125. The Balaban J connectivity index is 2.35. The number of hydrogen-bond donors (Lipinski definition) is 0. The first-order chi connectivity index (χ1) is 9.54. The van der Waals surface area contributed by atoms with Gasteiger partial charge in [0, 0.05) is 23.7 Å². The first-order valence-corrected chi connectivity index (χ1v) is 7.17. The van der Waals surface area contributed by atoms with Gasteiger partial charge in [-0.1, -0.05) is 18.5 Å². The summed E-state index contributed by atoms with van der Waals surface area (Å²) >= 11 is 5.78. The number of halogens is 1. The Labute approximate surface area is 122 Å². The molecule has 1 fully saturated rings. The molecule has 0 bridgehead atoms. The molecule has 1 saturated heterocycles. The summed E-state index contributed by atoms with van der Waals surface area (Å²) in [6, 6.07) is 4.38. The van der Waals surface area contributed by atoms with Gasteiger partial charge in [0.2, 0.25) is 0 Å². The highest BCUT2D eigenvalue weighted by Crippen LogP contribution is 2.28. The van der Waals surface area contributed by atoms with E-state index in [-0.39, 0.29) is 28.2 Å². The molecule has 0 radical (unpaired) electrons. The molecule has 0 spiro atoms. The van der Waals surface area contributed by atoms with Gasteiger partial charge in [0.15, 0.2) is 0 Å². The summed E-state index contributed by atoms with van der Waals surface area (Å²) in [5, 5.41) is 11.4. The summed E-state index contributed by atoms with van der Waals surface area (Å²) in [6.07, 6.45) is 3.88. The Kier molecular flexibility index (Phi) is 4.60. The molecule has 1 atom stereocenters. The third-order valence-corrected chi connectivity index (χ3v) is 3.98. The number of carbonyl (C=O) groups is 1. The predicted molar refractivity (Wildman–Crippen MR) is 77.1 cm³/mol. The van der Waals surface area contributed by atoms with Crippen LogP contribution in [-0.4, -0.2) is 28.3 Å². The molecule has 1 unspecified atom stereocenters. The molecule has 2 rings (SSSR count). The number of amides is 1. The van der Waals surface area contributed by atoms with Crippen LogP contribution in [0.1, 0.15) is 43.0 Å². The van der Waals surface area contributed by atoms with Crippen LogP contribution >= 0.6 is 11.6 Å². The number of nitro groups is 1. The number of piperidine rings is 1. The lowest BCUT2D eigenvalue weighted by Crippen LogP contribution is -2.43. The second-order valence-electron chi connectivity index (χ2n) is 4.97. The molecule has 0 saturated carbocycles. The smallest absolute Gasteiger partial charge is 0.283 e. The van der Waals surface area contributed by atoms with Crippen LogP contribution in [0.25, 0.3) is 0 Å². The van der Waals surface area contributed by atoms with Crippen LogP contribution in [0, 0.1) is 10.1 Å². The van der Waals surface area contributed by atoms with Crippen LogP contribution in [-0.2, 0) is 0 Å². The lowest BCUT2D eigenvalue weighted by molar-refractivity contribution is -0.385. The van der Waals surface area contributed by atoms with Gasteiger partial charge in [0.25, 0.3) is 11.6 Å². The van der Waals surface area contributed by atoms with Gasteiger partial charge in [-0.15, -0.1) is 0 Å². The van der Waals surface area contributed by atoms with E-state index in [1.54, 1.807) is 4.90 Å². The molecule has 108 valence electrons. The van der Waals surface area contributed by atoms with Gasteiger partial charge in [0.1, 0.15) is 5.56 Å². The maximum absolute atomic E-state index is 12.6. The number of nitro benzene ring substituents is 1. The molecule has 5 nitrogen and oxygen atoms in total. The number of carbonyl (C=O) groups excluding carboxylic acids is 1. The fourth-order valence-electron chi connectivity index (χ4n) is 2.68. The van der Waals surface area contributed by atoms with Crippen molar-refractivity contribution in [1.82, 2.24) is 4.90 Å². The molecule has 1 aliphatic rings. The summed E-state index contributed by atoms with van der Waals surface area (Å²) < 4.78 is 0.